The Hall–Kier alpha value is -1.13. The van der Waals surface area contributed by atoms with Crippen LogP contribution in [0.1, 0.15) is 11.5 Å². The molecule has 1 aromatic rings. The van der Waals surface area contributed by atoms with Crippen molar-refractivity contribution in [3.63, 3.8) is 0 Å². The van der Waals surface area contributed by atoms with E-state index < -0.39 is 10.8 Å². The molecule has 75 valence electrons. The zero-order valence-corrected chi connectivity index (χ0v) is 8.07. The summed E-state index contributed by atoms with van der Waals surface area (Å²) in [6.07, 6.45) is 0. The van der Waals surface area contributed by atoms with Gasteiger partial charge in [0, 0.05) is 22.6 Å². The Balaban J connectivity index is 3.22. The molecule has 0 spiro atoms. The van der Waals surface area contributed by atoms with Gasteiger partial charge in [-0.1, -0.05) is 11.6 Å². The molecule has 0 heterocycles. The molecule has 1 N–H and O–H groups in total. The Morgan fingerprint density at radius 2 is 2.29 bits per heavy atom. The first-order valence-electron chi connectivity index (χ1n) is 3.94. The average Bonchev–Trinajstić information content (AvgIpc) is 2.16. The molecular weight excluding hydrogens is 206 g/mol. The highest BCUT2D eigenvalue weighted by Crippen LogP contribution is 2.28. The van der Waals surface area contributed by atoms with Gasteiger partial charge in [0.1, 0.15) is 0 Å². The SMILES string of the molecule is [CH2]C(CO)c1cc(Cl)ccc1[N+](=O)[O-]. The molecule has 1 atom stereocenters. The molecule has 1 aromatic carbocycles. The van der Waals surface area contributed by atoms with Crippen molar-refractivity contribution in [2.45, 2.75) is 5.92 Å². The summed E-state index contributed by atoms with van der Waals surface area (Å²) in [5.41, 5.74) is 0.286. The van der Waals surface area contributed by atoms with Crippen LogP contribution in [0.5, 0.6) is 0 Å². The zero-order chi connectivity index (χ0) is 10.7. The van der Waals surface area contributed by atoms with E-state index in [1.54, 1.807) is 0 Å². The monoisotopic (exact) mass is 214 g/mol. The van der Waals surface area contributed by atoms with Gasteiger partial charge in [-0.05, 0) is 19.1 Å². The van der Waals surface area contributed by atoms with Crippen LogP contribution in [-0.4, -0.2) is 16.6 Å². The van der Waals surface area contributed by atoms with Gasteiger partial charge < -0.3 is 5.11 Å². The maximum Gasteiger partial charge on any atom is 0.273 e. The normalized spacial score (nSPS) is 12.5. The standard InChI is InChI=1S/C9H9ClNO3/c1-6(5-12)8-4-7(10)2-3-9(8)11(13)14/h2-4,6,12H,1,5H2. The fraction of sp³-hybridized carbons (Fsp3) is 0.222. The first kappa shape index (κ1) is 10.9. The van der Waals surface area contributed by atoms with Gasteiger partial charge in [0.25, 0.3) is 5.69 Å². The summed E-state index contributed by atoms with van der Waals surface area (Å²) >= 11 is 5.69. The van der Waals surface area contributed by atoms with Crippen LogP contribution in [0.15, 0.2) is 18.2 Å². The lowest BCUT2D eigenvalue weighted by atomic mass is 10.0. The first-order chi connectivity index (χ1) is 6.56. The zero-order valence-electron chi connectivity index (χ0n) is 7.31. The van der Waals surface area contributed by atoms with E-state index in [2.05, 4.69) is 6.92 Å². The molecule has 14 heavy (non-hydrogen) atoms. The minimum Gasteiger partial charge on any atom is -0.396 e. The Labute approximate surface area is 86.3 Å². The molecule has 0 aliphatic heterocycles. The quantitative estimate of drug-likeness (QED) is 0.620. The van der Waals surface area contributed by atoms with Gasteiger partial charge in [-0.25, -0.2) is 0 Å². The van der Waals surface area contributed by atoms with E-state index in [0.29, 0.717) is 10.6 Å². The molecule has 1 unspecified atom stereocenters. The van der Waals surface area contributed by atoms with Gasteiger partial charge in [0.2, 0.25) is 0 Å². The highest BCUT2D eigenvalue weighted by atomic mass is 35.5. The first-order valence-corrected chi connectivity index (χ1v) is 4.32. The molecule has 0 aliphatic rings. The molecule has 0 fully saturated rings. The molecule has 1 radical (unpaired) electrons. The van der Waals surface area contributed by atoms with Gasteiger partial charge >= 0.3 is 0 Å². The number of nitro benzene ring substituents is 1. The van der Waals surface area contributed by atoms with Crippen LogP contribution in [0, 0.1) is 17.0 Å². The smallest absolute Gasteiger partial charge is 0.273 e. The van der Waals surface area contributed by atoms with Crippen molar-refractivity contribution in [2.75, 3.05) is 6.61 Å². The Morgan fingerprint density at radius 3 is 2.79 bits per heavy atom. The van der Waals surface area contributed by atoms with Crippen molar-refractivity contribution in [1.82, 2.24) is 0 Å². The molecule has 0 amide bonds. The molecule has 0 bridgehead atoms. The van der Waals surface area contributed by atoms with E-state index >= 15 is 0 Å². The van der Waals surface area contributed by atoms with E-state index in [1.807, 2.05) is 0 Å². The second-order valence-electron chi connectivity index (χ2n) is 2.84. The lowest BCUT2D eigenvalue weighted by Gasteiger charge is -2.08. The number of rotatable bonds is 3. The Bertz CT molecular complexity index is 354. The third-order valence-corrected chi connectivity index (χ3v) is 2.08. The van der Waals surface area contributed by atoms with Gasteiger partial charge in [0.05, 0.1) is 11.5 Å². The molecule has 4 nitrogen and oxygen atoms in total. The van der Waals surface area contributed by atoms with Crippen LogP contribution in [0.25, 0.3) is 0 Å². The van der Waals surface area contributed by atoms with Crippen LogP contribution in [-0.2, 0) is 0 Å². The van der Waals surface area contributed by atoms with E-state index in [9.17, 15) is 10.1 Å². The second-order valence-corrected chi connectivity index (χ2v) is 3.28. The fourth-order valence-electron chi connectivity index (χ4n) is 1.12. The van der Waals surface area contributed by atoms with Crippen molar-refractivity contribution in [1.29, 1.82) is 0 Å². The van der Waals surface area contributed by atoms with E-state index in [1.165, 1.54) is 18.2 Å². The number of nitrogens with zero attached hydrogens (tertiary/aromatic N) is 1. The Kier molecular flexibility index (Phi) is 3.43. The van der Waals surface area contributed by atoms with Crippen LogP contribution in [0.4, 0.5) is 5.69 Å². The molecule has 1 rings (SSSR count). The molecule has 0 saturated heterocycles. The van der Waals surface area contributed by atoms with Crippen LogP contribution in [0.2, 0.25) is 5.02 Å². The predicted octanol–water partition coefficient (Wildman–Crippen LogP) is 2.16. The van der Waals surface area contributed by atoms with Crippen molar-refractivity contribution >= 4 is 17.3 Å². The molecule has 0 aromatic heterocycles. The number of nitro groups is 1. The number of benzene rings is 1. The number of aliphatic hydroxyl groups excluding tert-OH is 1. The predicted molar refractivity (Wildman–Crippen MR) is 53.3 cm³/mol. The lowest BCUT2D eigenvalue weighted by molar-refractivity contribution is -0.385. The number of halogens is 1. The van der Waals surface area contributed by atoms with Gasteiger partial charge in [-0.15, -0.1) is 0 Å². The van der Waals surface area contributed by atoms with Crippen LogP contribution in [0.3, 0.4) is 0 Å². The van der Waals surface area contributed by atoms with Gasteiger partial charge in [-0.2, -0.15) is 0 Å². The summed E-state index contributed by atoms with van der Waals surface area (Å²) in [6, 6.07) is 4.20. The molecular formula is C9H9ClNO3. The summed E-state index contributed by atoms with van der Waals surface area (Å²) in [6.45, 7) is 3.35. The maximum atomic E-state index is 10.6. The number of aliphatic hydroxyl groups is 1. The van der Waals surface area contributed by atoms with E-state index in [4.69, 9.17) is 16.7 Å². The van der Waals surface area contributed by atoms with Crippen molar-refractivity contribution in [2.24, 2.45) is 0 Å². The second kappa shape index (κ2) is 4.39. The minimum atomic E-state index is -0.533. The highest BCUT2D eigenvalue weighted by Gasteiger charge is 2.18. The van der Waals surface area contributed by atoms with E-state index in [-0.39, 0.29) is 12.3 Å². The lowest BCUT2D eigenvalue weighted by Crippen LogP contribution is -2.03. The number of hydrogen-bond donors (Lipinski definition) is 1. The summed E-state index contributed by atoms with van der Waals surface area (Å²) in [5.74, 6) is -0.533. The van der Waals surface area contributed by atoms with Crippen LogP contribution < -0.4 is 0 Å². The summed E-state index contributed by atoms with van der Waals surface area (Å²) in [5, 5.41) is 19.9. The van der Waals surface area contributed by atoms with Crippen molar-refractivity contribution in [3.05, 3.63) is 45.8 Å². The van der Waals surface area contributed by atoms with E-state index in [0.717, 1.165) is 0 Å². The third kappa shape index (κ3) is 2.21. The van der Waals surface area contributed by atoms with Crippen molar-refractivity contribution in [3.8, 4) is 0 Å². The van der Waals surface area contributed by atoms with Crippen LogP contribution >= 0.6 is 11.6 Å². The minimum absolute atomic E-state index is 0.0662. The topological polar surface area (TPSA) is 63.4 Å². The Morgan fingerprint density at radius 1 is 1.64 bits per heavy atom. The summed E-state index contributed by atoms with van der Waals surface area (Å²) in [7, 11) is 0. The molecule has 0 aliphatic carbocycles. The largest absolute Gasteiger partial charge is 0.396 e. The van der Waals surface area contributed by atoms with Gasteiger partial charge in [0.15, 0.2) is 0 Å². The third-order valence-electron chi connectivity index (χ3n) is 1.85. The van der Waals surface area contributed by atoms with Crippen molar-refractivity contribution < 1.29 is 10.0 Å². The summed E-state index contributed by atoms with van der Waals surface area (Å²) in [4.78, 5) is 10.1. The number of hydrogen-bond acceptors (Lipinski definition) is 3. The highest BCUT2D eigenvalue weighted by molar-refractivity contribution is 6.30. The van der Waals surface area contributed by atoms with Gasteiger partial charge in [-0.3, -0.25) is 10.1 Å². The average molecular weight is 215 g/mol. The fourth-order valence-corrected chi connectivity index (χ4v) is 1.30. The summed E-state index contributed by atoms with van der Waals surface area (Å²) < 4.78 is 0. The molecule has 5 heteroatoms. The molecule has 0 saturated carbocycles. The maximum absolute atomic E-state index is 10.6.